The van der Waals surface area contributed by atoms with Crippen molar-refractivity contribution >= 4 is 18.0 Å². The summed E-state index contributed by atoms with van der Waals surface area (Å²) in [4.78, 5) is 13.1. The molecule has 0 amide bonds. The number of thioether (sulfide) groups is 1. The second kappa shape index (κ2) is 2.23. The predicted molar refractivity (Wildman–Crippen MR) is 46.6 cm³/mol. The fourth-order valence-electron chi connectivity index (χ4n) is 1.89. The molecule has 0 N–H and O–H groups in total. The number of carbonyl (C=O) groups excluding carboxylic acids is 1. The Morgan fingerprint density at radius 3 is 2.64 bits per heavy atom. The van der Waals surface area contributed by atoms with Gasteiger partial charge in [0.25, 0.3) is 0 Å². The van der Waals surface area contributed by atoms with E-state index in [9.17, 15) is 4.79 Å². The molecule has 0 aromatic heterocycles. The number of carbonyl (C=O) groups is 1. The van der Waals surface area contributed by atoms with Gasteiger partial charge in [0.15, 0.2) is 0 Å². The van der Waals surface area contributed by atoms with E-state index in [0.29, 0.717) is 5.37 Å². The van der Waals surface area contributed by atoms with Crippen LogP contribution in [-0.4, -0.2) is 33.9 Å². The normalized spacial score (nSPS) is 41.3. The van der Waals surface area contributed by atoms with Gasteiger partial charge in [0.05, 0.1) is 11.4 Å². The van der Waals surface area contributed by atoms with E-state index in [1.54, 1.807) is 0 Å². The van der Waals surface area contributed by atoms with Crippen molar-refractivity contribution in [2.24, 2.45) is 0 Å². The highest BCUT2D eigenvalue weighted by atomic mass is 32.2. The Hall–Kier alpha value is -0.0200. The Balaban J connectivity index is 2.20. The van der Waals surface area contributed by atoms with Crippen molar-refractivity contribution < 1.29 is 4.79 Å². The molecule has 62 valence electrons. The van der Waals surface area contributed by atoms with Crippen LogP contribution in [0, 0.1) is 0 Å². The zero-order valence-electron chi connectivity index (χ0n) is 6.91. The molecular weight excluding hydrogens is 158 g/mol. The van der Waals surface area contributed by atoms with Crippen molar-refractivity contribution in [2.45, 2.75) is 36.4 Å². The standard InChI is InChI=1S/C8H13NOS/c1-8(2)6(5-10)9-4-3-7(9)11-8/h5-7H,3-4H2,1-2H3. The summed E-state index contributed by atoms with van der Waals surface area (Å²) < 4.78 is 0.142. The van der Waals surface area contributed by atoms with Crippen molar-refractivity contribution in [3.8, 4) is 0 Å². The molecule has 0 aromatic carbocycles. The predicted octanol–water partition coefficient (Wildman–Crippen LogP) is 1.11. The van der Waals surface area contributed by atoms with Gasteiger partial charge in [-0.1, -0.05) is 0 Å². The Labute approximate surface area is 71.3 Å². The minimum Gasteiger partial charge on any atom is -0.302 e. The molecule has 0 spiro atoms. The Bertz CT molecular complexity index is 193. The van der Waals surface area contributed by atoms with Crippen LogP contribution in [0.15, 0.2) is 0 Å². The SMILES string of the molecule is CC1(C)SC2CCN2C1C=O. The number of hydrogen-bond acceptors (Lipinski definition) is 3. The van der Waals surface area contributed by atoms with E-state index in [0.717, 1.165) is 12.8 Å². The number of hydrogen-bond donors (Lipinski definition) is 0. The van der Waals surface area contributed by atoms with E-state index in [1.165, 1.54) is 6.42 Å². The first-order valence-corrected chi connectivity index (χ1v) is 4.92. The average Bonchev–Trinajstić information content (AvgIpc) is 2.07. The van der Waals surface area contributed by atoms with Crippen molar-refractivity contribution in [2.75, 3.05) is 6.54 Å². The molecule has 2 saturated heterocycles. The highest BCUT2D eigenvalue weighted by Crippen LogP contribution is 2.49. The number of aldehydes is 1. The molecule has 11 heavy (non-hydrogen) atoms. The maximum absolute atomic E-state index is 10.8. The molecule has 2 aliphatic heterocycles. The molecule has 2 unspecified atom stereocenters. The summed E-state index contributed by atoms with van der Waals surface area (Å²) in [6.07, 6.45) is 2.37. The van der Waals surface area contributed by atoms with Gasteiger partial charge in [0.1, 0.15) is 6.29 Å². The van der Waals surface area contributed by atoms with E-state index in [-0.39, 0.29) is 10.8 Å². The first kappa shape index (κ1) is 7.62. The molecule has 2 aliphatic rings. The highest BCUT2D eigenvalue weighted by molar-refractivity contribution is 8.01. The van der Waals surface area contributed by atoms with Crippen LogP contribution in [0.4, 0.5) is 0 Å². The van der Waals surface area contributed by atoms with Gasteiger partial charge in [0, 0.05) is 11.3 Å². The molecule has 0 aliphatic carbocycles. The molecular formula is C8H13NOS. The third kappa shape index (κ3) is 0.942. The lowest BCUT2D eigenvalue weighted by Gasteiger charge is -2.36. The van der Waals surface area contributed by atoms with Crippen LogP contribution in [0.1, 0.15) is 20.3 Å². The number of rotatable bonds is 1. The van der Waals surface area contributed by atoms with Crippen LogP contribution < -0.4 is 0 Å². The molecule has 2 atom stereocenters. The van der Waals surface area contributed by atoms with Crippen LogP contribution in [0.5, 0.6) is 0 Å². The van der Waals surface area contributed by atoms with Gasteiger partial charge >= 0.3 is 0 Å². The molecule has 2 heterocycles. The van der Waals surface area contributed by atoms with Crippen LogP contribution in [0.3, 0.4) is 0 Å². The van der Waals surface area contributed by atoms with Gasteiger partial charge in [-0.3, -0.25) is 4.90 Å². The van der Waals surface area contributed by atoms with E-state index in [4.69, 9.17) is 0 Å². The summed E-state index contributed by atoms with van der Waals surface area (Å²) in [6, 6.07) is 0.159. The largest absolute Gasteiger partial charge is 0.302 e. The van der Waals surface area contributed by atoms with Gasteiger partial charge in [-0.15, -0.1) is 11.8 Å². The molecule has 0 saturated carbocycles. The zero-order valence-corrected chi connectivity index (χ0v) is 7.73. The topological polar surface area (TPSA) is 20.3 Å². The number of fused-ring (bicyclic) bond motifs is 1. The average molecular weight is 171 g/mol. The van der Waals surface area contributed by atoms with Crippen LogP contribution in [0.2, 0.25) is 0 Å². The first-order chi connectivity index (χ1) is 5.15. The smallest absolute Gasteiger partial charge is 0.138 e. The third-order valence-corrected chi connectivity index (χ3v) is 4.27. The van der Waals surface area contributed by atoms with Gasteiger partial charge in [0.2, 0.25) is 0 Å². The maximum Gasteiger partial charge on any atom is 0.138 e. The highest BCUT2D eigenvalue weighted by Gasteiger charge is 2.51. The lowest BCUT2D eigenvalue weighted by molar-refractivity contribution is -0.114. The molecule has 2 rings (SSSR count). The summed E-state index contributed by atoms with van der Waals surface area (Å²) in [5.41, 5.74) is 0. The Morgan fingerprint density at radius 2 is 2.36 bits per heavy atom. The van der Waals surface area contributed by atoms with Gasteiger partial charge in [-0.05, 0) is 20.3 Å². The summed E-state index contributed by atoms with van der Waals surface area (Å²) in [5, 5.41) is 0.639. The van der Waals surface area contributed by atoms with E-state index >= 15 is 0 Å². The van der Waals surface area contributed by atoms with Gasteiger partial charge in [-0.2, -0.15) is 0 Å². The molecule has 3 heteroatoms. The molecule has 0 aromatic rings. The monoisotopic (exact) mass is 171 g/mol. The minimum atomic E-state index is 0.142. The Morgan fingerprint density at radius 1 is 1.64 bits per heavy atom. The summed E-state index contributed by atoms with van der Waals surface area (Å²) >= 11 is 1.94. The van der Waals surface area contributed by atoms with Gasteiger partial charge < -0.3 is 4.79 Å². The zero-order chi connectivity index (χ0) is 8.06. The second-order valence-corrected chi connectivity index (χ2v) is 5.62. The van der Waals surface area contributed by atoms with E-state index in [1.807, 2.05) is 11.8 Å². The molecule has 2 nitrogen and oxygen atoms in total. The van der Waals surface area contributed by atoms with Crippen molar-refractivity contribution in [1.29, 1.82) is 0 Å². The van der Waals surface area contributed by atoms with Crippen LogP contribution in [-0.2, 0) is 4.79 Å². The van der Waals surface area contributed by atoms with Crippen molar-refractivity contribution in [3.05, 3.63) is 0 Å². The lowest BCUT2D eigenvalue weighted by Crippen LogP contribution is -2.50. The molecule has 0 bridgehead atoms. The quantitative estimate of drug-likeness (QED) is 0.551. The van der Waals surface area contributed by atoms with E-state index < -0.39 is 0 Å². The number of nitrogens with zero attached hydrogens (tertiary/aromatic N) is 1. The minimum absolute atomic E-state index is 0.142. The third-order valence-electron chi connectivity index (χ3n) is 2.64. The lowest BCUT2D eigenvalue weighted by atomic mass is 10.0. The fourth-order valence-corrected chi connectivity index (χ4v) is 3.52. The van der Waals surface area contributed by atoms with Crippen LogP contribution in [0.25, 0.3) is 0 Å². The first-order valence-electron chi connectivity index (χ1n) is 4.04. The molecule has 2 fully saturated rings. The maximum atomic E-state index is 10.8. The summed E-state index contributed by atoms with van der Waals surface area (Å²) in [6.45, 7) is 5.44. The van der Waals surface area contributed by atoms with Crippen LogP contribution >= 0.6 is 11.8 Å². The summed E-state index contributed by atoms with van der Waals surface area (Å²) in [7, 11) is 0. The second-order valence-electron chi connectivity index (χ2n) is 3.78. The van der Waals surface area contributed by atoms with Crippen molar-refractivity contribution in [1.82, 2.24) is 4.90 Å². The molecule has 0 radical (unpaired) electrons. The summed E-state index contributed by atoms with van der Waals surface area (Å²) in [5.74, 6) is 0. The fraction of sp³-hybridized carbons (Fsp3) is 0.875. The van der Waals surface area contributed by atoms with Crippen molar-refractivity contribution in [3.63, 3.8) is 0 Å². The van der Waals surface area contributed by atoms with Gasteiger partial charge in [-0.25, -0.2) is 0 Å². The van der Waals surface area contributed by atoms with E-state index in [2.05, 4.69) is 18.7 Å². The Kier molecular flexibility index (Phi) is 1.55.